The van der Waals surface area contributed by atoms with Gasteiger partial charge in [-0.2, -0.15) is 0 Å². The van der Waals surface area contributed by atoms with Crippen molar-refractivity contribution in [3.05, 3.63) is 58.6 Å². The lowest BCUT2D eigenvalue weighted by Gasteiger charge is -2.01. The summed E-state index contributed by atoms with van der Waals surface area (Å²) in [5.74, 6) is -0.416. The zero-order chi connectivity index (χ0) is 11.8. The van der Waals surface area contributed by atoms with Gasteiger partial charge in [-0.05, 0) is 30.2 Å². The third-order valence-corrected chi connectivity index (χ3v) is 2.81. The van der Waals surface area contributed by atoms with Crippen molar-refractivity contribution in [3.63, 3.8) is 0 Å². The van der Waals surface area contributed by atoms with Crippen LogP contribution in [0.2, 0.25) is 0 Å². The van der Waals surface area contributed by atoms with E-state index in [0.717, 1.165) is 16.6 Å². The molecule has 0 spiro atoms. The minimum Gasteiger partial charge on any atom is -0.408 e. The Morgan fingerprint density at radius 3 is 2.47 bits per heavy atom. The Balaban J connectivity index is 2.17. The van der Waals surface area contributed by atoms with Crippen molar-refractivity contribution >= 4 is 11.1 Å². The summed E-state index contributed by atoms with van der Waals surface area (Å²) in [6, 6.07) is 13.9. The molecule has 0 saturated heterocycles. The Hall–Kier alpha value is -2.29. The molecular formula is C14H11NO2. The maximum absolute atomic E-state index is 11.1. The van der Waals surface area contributed by atoms with E-state index in [1.54, 1.807) is 0 Å². The highest BCUT2D eigenvalue weighted by Gasteiger charge is 2.03. The Labute approximate surface area is 97.7 Å². The zero-order valence-corrected chi connectivity index (χ0v) is 9.36. The summed E-state index contributed by atoms with van der Waals surface area (Å²) in [6.07, 6.45) is 0. The smallest absolute Gasteiger partial charge is 0.408 e. The summed E-state index contributed by atoms with van der Waals surface area (Å²) in [4.78, 5) is 13.7. The van der Waals surface area contributed by atoms with Crippen molar-refractivity contribution in [2.45, 2.75) is 6.92 Å². The summed E-state index contributed by atoms with van der Waals surface area (Å²) < 4.78 is 5.04. The number of H-pyrrole nitrogens is 1. The van der Waals surface area contributed by atoms with E-state index in [-0.39, 0.29) is 0 Å². The quantitative estimate of drug-likeness (QED) is 0.691. The molecule has 0 unspecified atom stereocenters. The fraction of sp³-hybridized carbons (Fsp3) is 0.0714. The van der Waals surface area contributed by atoms with Crippen molar-refractivity contribution < 1.29 is 4.42 Å². The minimum absolute atomic E-state index is 0.416. The van der Waals surface area contributed by atoms with Gasteiger partial charge >= 0.3 is 5.76 Å². The first-order valence-electron chi connectivity index (χ1n) is 5.42. The first-order chi connectivity index (χ1) is 8.22. The predicted octanol–water partition coefficient (Wildman–Crippen LogP) is 3.10. The molecule has 84 valence electrons. The molecule has 3 rings (SSSR count). The second-order valence-electron chi connectivity index (χ2n) is 4.09. The van der Waals surface area contributed by atoms with Crippen LogP contribution in [0.4, 0.5) is 0 Å². The molecule has 0 aliphatic rings. The number of benzene rings is 2. The molecule has 3 heteroatoms. The van der Waals surface area contributed by atoms with E-state index in [2.05, 4.69) is 36.2 Å². The second-order valence-corrected chi connectivity index (χ2v) is 4.09. The lowest BCUT2D eigenvalue weighted by atomic mass is 10.0. The molecular weight excluding hydrogens is 214 g/mol. The molecule has 17 heavy (non-hydrogen) atoms. The number of nitrogens with one attached hydrogen (secondary N) is 1. The van der Waals surface area contributed by atoms with Crippen molar-refractivity contribution in [3.8, 4) is 11.1 Å². The van der Waals surface area contributed by atoms with E-state index < -0.39 is 5.76 Å². The standard InChI is InChI=1S/C14H11NO2/c1-9-2-4-10(5-3-9)11-6-7-12-13(8-11)17-14(16)15-12/h2-8H,1H3,(H,15,16). The summed E-state index contributed by atoms with van der Waals surface area (Å²) in [6.45, 7) is 2.05. The first-order valence-corrected chi connectivity index (χ1v) is 5.42. The minimum atomic E-state index is -0.416. The molecule has 0 bridgehead atoms. The summed E-state index contributed by atoms with van der Waals surface area (Å²) in [5.41, 5.74) is 4.70. The van der Waals surface area contributed by atoms with Gasteiger partial charge in [-0.25, -0.2) is 4.79 Å². The molecule has 0 amide bonds. The van der Waals surface area contributed by atoms with Crippen molar-refractivity contribution in [2.75, 3.05) is 0 Å². The number of hydrogen-bond acceptors (Lipinski definition) is 2. The fourth-order valence-electron chi connectivity index (χ4n) is 1.87. The molecule has 2 aromatic carbocycles. The predicted molar refractivity (Wildman–Crippen MR) is 67.0 cm³/mol. The van der Waals surface area contributed by atoms with Crippen LogP contribution in [0.25, 0.3) is 22.2 Å². The first kappa shape index (κ1) is 9.90. The number of aromatic nitrogens is 1. The third-order valence-electron chi connectivity index (χ3n) is 2.81. The number of aryl methyl sites for hydroxylation is 1. The molecule has 0 atom stereocenters. The molecule has 1 aromatic heterocycles. The van der Waals surface area contributed by atoms with E-state index in [4.69, 9.17) is 4.42 Å². The molecule has 0 radical (unpaired) electrons. The molecule has 0 saturated carbocycles. The maximum Gasteiger partial charge on any atom is 0.417 e. The third kappa shape index (κ3) is 1.76. The van der Waals surface area contributed by atoms with E-state index >= 15 is 0 Å². The van der Waals surface area contributed by atoms with Gasteiger partial charge in [0, 0.05) is 0 Å². The van der Waals surface area contributed by atoms with Gasteiger partial charge in [-0.15, -0.1) is 0 Å². The molecule has 1 N–H and O–H groups in total. The molecule has 3 nitrogen and oxygen atoms in total. The average molecular weight is 225 g/mol. The second kappa shape index (κ2) is 3.63. The van der Waals surface area contributed by atoms with Crippen LogP contribution in [0, 0.1) is 6.92 Å². The highest BCUT2D eigenvalue weighted by Crippen LogP contribution is 2.23. The average Bonchev–Trinajstić information content (AvgIpc) is 2.69. The van der Waals surface area contributed by atoms with Crippen LogP contribution in [0.5, 0.6) is 0 Å². The summed E-state index contributed by atoms with van der Waals surface area (Å²) in [7, 11) is 0. The van der Waals surface area contributed by atoms with Crippen molar-refractivity contribution in [1.82, 2.24) is 4.98 Å². The van der Waals surface area contributed by atoms with E-state index in [0.29, 0.717) is 5.58 Å². The summed E-state index contributed by atoms with van der Waals surface area (Å²) >= 11 is 0. The Kier molecular flexibility index (Phi) is 2.11. The van der Waals surface area contributed by atoms with Gasteiger partial charge in [0.15, 0.2) is 5.58 Å². The number of aromatic amines is 1. The number of rotatable bonds is 1. The van der Waals surface area contributed by atoms with Crippen LogP contribution >= 0.6 is 0 Å². The highest BCUT2D eigenvalue weighted by atomic mass is 16.4. The lowest BCUT2D eigenvalue weighted by molar-refractivity contribution is 0.555. The lowest BCUT2D eigenvalue weighted by Crippen LogP contribution is -1.92. The molecule has 0 aliphatic heterocycles. The van der Waals surface area contributed by atoms with Crippen LogP contribution in [0.1, 0.15) is 5.56 Å². The van der Waals surface area contributed by atoms with Gasteiger partial charge in [0.2, 0.25) is 0 Å². The zero-order valence-electron chi connectivity index (χ0n) is 9.36. The number of fused-ring (bicyclic) bond motifs is 1. The van der Waals surface area contributed by atoms with Crippen LogP contribution in [0.15, 0.2) is 51.7 Å². The Bertz CT molecular complexity index is 720. The van der Waals surface area contributed by atoms with Crippen molar-refractivity contribution in [1.29, 1.82) is 0 Å². The SMILES string of the molecule is Cc1ccc(-c2ccc3[nH]c(=O)oc3c2)cc1. The Morgan fingerprint density at radius 2 is 1.71 bits per heavy atom. The highest BCUT2D eigenvalue weighted by molar-refractivity contribution is 5.79. The summed E-state index contributed by atoms with van der Waals surface area (Å²) in [5, 5.41) is 0. The fourth-order valence-corrected chi connectivity index (χ4v) is 1.87. The van der Waals surface area contributed by atoms with Crippen LogP contribution in [-0.2, 0) is 0 Å². The molecule has 0 fully saturated rings. The van der Waals surface area contributed by atoms with Gasteiger partial charge in [-0.3, -0.25) is 4.98 Å². The van der Waals surface area contributed by atoms with Crippen LogP contribution in [-0.4, -0.2) is 4.98 Å². The number of hydrogen-bond donors (Lipinski definition) is 1. The normalized spacial score (nSPS) is 10.9. The maximum atomic E-state index is 11.1. The van der Waals surface area contributed by atoms with E-state index in [1.807, 2.05) is 18.2 Å². The largest absolute Gasteiger partial charge is 0.417 e. The van der Waals surface area contributed by atoms with E-state index in [9.17, 15) is 4.79 Å². The molecule has 3 aromatic rings. The monoisotopic (exact) mass is 225 g/mol. The van der Waals surface area contributed by atoms with Crippen LogP contribution in [0.3, 0.4) is 0 Å². The molecule has 1 heterocycles. The van der Waals surface area contributed by atoms with Crippen LogP contribution < -0.4 is 5.76 Å². The Morgan fingerprint density at radius 1 is 1.00 bits per heavy atom. The van der Waals surface area contributed by atoms with Gasteiger partial charge in [0.1, 0.15) is 0 Å². The van der Waals surface area contributed by atoms with Gasteiger partial charge in [0.25, 0.3) is 0 Å². The van der Waals surface area contributed by atoms with Gasteiger partial charge < -0.3 is 4.42 Å². The van der Waals surface area contributed by atoms with Gasteiger partial charge in [0.05, 0.1) is 5.52 Å². The molecule has 0 aliphatic carbocycles. The van der Waals surface area contributed by atoms with Gasteiger partial charge in [-0.1, -0.05) is 35.9 Å². The van der Waals surface area contributed by atoms with E-state index in [1.165, 1.54) is 5.56 Å². The van der Waals surface area contributed by atoms with Crippen molar-refractivity contribution in [2.24, 2.45) is 0 Å². The topological polar surface area (TPSA) is 46.0 Å². The number of oxazole rings is 1.